The molecule has 102 valence electrons. The van der Waals surface area contributed by atoms with Crippen molar-refractivity contribution in [3.8, 4) is 0 Å². The highest BCUT2D eigenvalue weighted by Crippen LogP contribution is 2.05. The number of hydrogen-bond donors (Lipinski definition) is 2. The summed E-state index contributed by atoms with van der Waals surface area (Å²) in [6.45, 7) is 3.05. The summed E-state index contributed by atoms with van der Waals surface area (Å²) >= 11 is 0. The van der Waals surface area contributed by atoms with E-state index in [0.717, 1.165) is 11.1 Å². The summed E-state index contributed by atoms with van der Waals surface area (Å²) in [4.78, 5) is 3.98. The standard InChI is InChI=1S/C11H20N4O2S/c1-10-4-6-13-8-11(10)9-14-18(16,17)15(2)7-3-5-12/h4,6,8,14H,3,5,7,9,12H2,1-2H3. The number of aryl methyl sites for hydroxylation is 1. The molecule has 1 aromatic heterocycles. The molecule has 18 heavy (non-hydrogen) atoms. The average molecular weight is 272 g/mol. The molecule has 0 saturated carbocycles. The predicted octanol–water partition coefficient (Wildman–Crippen LogP) is 0.00502. The topological polar surface area (TPSA) is 88.3 Å². The van der Waals surface area contributed by atoms with E-state index in [-0.39, 0.29) is 6.54 Å². The van der Waals surface area contributed by atoms with Gasteiger partial charge < -0.3 is 5.73 Å². The zero-order chi connectivity index (χ0) is 13.6. The minimum absolute atomic E-state index is 0.245. The van der Waals surface area contributed by atoms with Crippen LogP contribution in [-0.2, 0) is 16.8 Å². The van der Waals surface area contributed by atoms with Crippen LogP contribution in [0.15, 0.2) is 18.5 Å². The van der Waals surface area contributed by atoms with Crippen molar-refractivity contribution in [2.75, 3.05) is 20.1 Å². The Bertz CT molecular complexity index is 476. The van der Waals surface area contributed by atoms with Gasteiger partial charge in [-0.2, -0.15) is 17.4 Å². The zero-order valence-corrected chi connectivity index (χ0v) is 11.6. The largest absolute Gasteiger partial charge is 0.330 e. The molecule has 0 fully saturated rings. The fourth-order valence-corrected chi connectivity index (χ4v) is 2.32. The zero-order valence-electron chi connectivity index (χ0n) is 10.8. The number of nitrogens with two attached hydrogens (primary N) is 1. The Labute approximate surface area is 108 Å². The number of pyridine rings is 1. The first kappa shape index (κ1) is 15.0. The molecule has 0 saturated heterocycles. The molecule has 0 aromatic carbocycles. The van der Waals surface area contributed by atoms with Crippen molar-refractivity contribution in [1.82, 2.24) is 14.0 Å². The van der Waals surface area contributed by atoms with E-state index >= 15 is 0 Å². The van der Waals surface area contributed by atoms with Gasteiger partial charge in [-0.15, -0.1) is 0 Å². The van der Waals surface area contributed by atoms with Crippen molar-refractivity contribution in [3.63, 3.8) is 0 Å². The molecule has 0 aliphatic heterocycles. The first-order chi connectivity index (χ1) is 8.47. The minimum atomic E-state index is -3.45. The van der Waals surface area contributed by atoms with E-state index in [1.165, 1.54) is 11.4 Å². The van der Waals surface area contributed by atoms with Crippen LogP contribution in [0.2, 0.25) is 0 Å². The van der Waals surface area contributed by atoms with Crippen molar-refractivity contribution in [2.45, 2.75) is 19.9 Å². The quantitative estimate of drug-likeness (QED) is 0.731. The van der Waals surface area contributed by atoms with Crippen LogP contribution in [0.5, 0.6) is 0 Å². The van der Waals surface area contributed by atoms with Gasteiger partial charge in [-0.3, -0.25) is 4.98 Å². The van der Waals surface area contributed by atoms with Gasteiger partial charge >= 0.3 is 0 Å². The highest BCUT2D eigenvalue weighted by molar-refractivity contribution is 7.87. The molecule has 0 amide bonds. The first-order valence-corrected chi connectivity index (χ1v) is 7.22. The SMILES string of the molecule is Cc1ccncc1CNS(=O)(=O)N(C)CCCN. The Morgan fingerprint density at radius 1 is 1.50 bits per heavy atom. The number of nitrogens with zero attached hydrogens (tertiary/aromatic N) is 2. The number of hydrogen-bond acceptors (Lipinski definition) is 4. The molecule has 0 aliphatic carbocycles. The molecule has 1 heterocycles. The molecule has 1 aromatic rings. The van der Waals surface area contributed by atoms with Crippen molar-refractivity contribution < 1.29 is 8.42 Å². The van der Waals surface area contributed by atoms with Crippen molar-refractivity contribution in [2.24, 2.45) is 5.73 Å². The van der Waals surface area contributed by atoms with Gasteiger partial charge in [-0.25, -0.2) is 0 Å². The molecule has 1 rings (SSSR count). The van der Waals surface area contributed by atoms with Gasteiger partial charge in [0.1, 0.15) is 0 Å². The van der Waals surface area contributed by atoms with Crippen LogP contribution >= 0.6 is 0 Å². The lowest BCUT2D eigenvalue weighted by Gasteiger charge is -2.17. The van der Waals surface area contributed by atoms with Crippen LogP contribution in [0.1, 0.15) is 17.5 Å². The Hall–Kier alpha value is -1.02. The molecule has 0 bridgehead atoms. The smallest absolute Gasteiger partial charge is 0.279 e. The minimum Gasteiger partial charge on any atom is -0.330 e. The first-order valence-electron chi connectivity index (χ1n) is 5.78. The second-order valence-electron chi connectivity index (χ2n) is 4.09. The van der Waals surface area contributed by atoms with E-state index in [0.29, 0.717) is 19.5 Å². The Morgan fingerprint density at radius 2 is 2.22 bits per heavy atom. The average Bonchev–Trinajstić information content (AvgIpc) is 2.35. The second kappa shape index (κ2) is 6.79. The van der Waals surface area contributed by atoms with Gasteiger partial charge in [0.25, 0.3) is 10.2 Å². The van der Waals surface area contributed by atoms with E-state index in [2.05, 4.69) is 9.71 Å². The van der Waals surface area contributed by atoms with Gasteiger partial charge in [-0.1, -0.05) is 0 Å². The third kappa shape index (κ3) is 4.34. The van der Waals surface area contributed by atoms with Crippen LogP contribution in [0.3, 0.4) is 0 Å². The monoisotopic (exact) mass is 272 g/mol. The van der Waals surface area contributed by atoms with E-state index in [1.807, 2.05) is 13.0 Å². The third-order valence-electron chi connectivity index (χ3n) is 2.68. The summed E-state index contributed by atoms with van der Waals surface area (Å²) < 4.78 is 27.6. The molecule has 0 radical (unpaired) electrons. The molecular formula is C11H20N4O2S. The maximum Gasteiger partial charge on any atom is 0.279 e. The summed E-state index contributed by atoms with van der Waals surface area (Å²) in [5.41, 5.74) is 7.24. The highest BCUT2D eigenvalue weighted by atomic mass is 32.2. The van der Waals surface area contributed by atoms with E-state index < -0.39 is 10.2 Å². The Kier molecular flexibility index (Phi) is 5.67. The number of rotatable bonds is 7. The maximum atomic E-state index is 11.9. The molecule has 3 N–H and O–H groups in total. The maximum absolute atomic E-state index is 11.9. The van der Waals surface area contributed by atoms with E-state index in [1.54, 1.807) is 12.4 Å². The van der Waals surface area contributed by atoms with E-state index in [4.69, 9.17) is 5.73 Å². The lowest BCUT2D eigenvalue weighted by molar-refractivity contribution is 0.452. The lowest BCUT2D eigenvalue weighted by atomic mass is 10.2. The van der Waals surface area contributed by atoms with Crippen LogP contribution in [0.4, 0.5) is 0 Å². The summed E-state index contributed by atoms with van der Waals surface area (Å²) in [5.74, 6) is 0. The van der Waals surface area contributed by atoms with Crippen LogP contribution in [-0.4, -0.2) is 37.8 Å². The predicted molar refractivity (Wildman–Crippen MR) is 71.0 cm³/mol. The van der Waals surface area contributed by atoms with Crippen molar-refractivity contribution in [3.05, 3.63) is 29.6 Å². The van der Waals surface area contributed by atoms with Gasteiger partial charge in [-0.05, 0) is 37.1 Å². The van der Waals surface area contributed by atoms with Crippen LogP contribution in [0.25, 0.3) is 0 Å². The summed E-state index contributed by atoms with van der Waals surface area (Å²) in [6.07, 6.45) is 3.99. The van der Waals surface area contributed by atoms with Gasteiger partial charge in [0.05, 0.1) is 0 Å². The Balaban J connectivity index is 2.59. The number of aromatic nitrogens is 1. The summed E-state index contributed by atoms with van der Waals surface area (Å²) in [7, 11) is -1.91. The van der Waals surface area contributed by atoms with Crippen LogP contribution < -0.4 is 10.5 Å². The lowest BCUT2D eigenvalue weighted by Crippen LogP contribution is -2.38. The molecule has 7 heteroatoms. The molecular weight excluding hydrogens is 252 g/mol. The molecule has 0 spiro atoms. The second-order valence-corrected chi connectivity index (χ2v) is 5.95. The fourth-order valence-electron chi connectivity index (χ4n) is 1.40. The summed E-state index contributed by atoms with van der Waals surface area (Å²) in [6, 6.07) is 1.85. The fraction of sp³-hybridized carbons (Fsp3) is 0.545. The normalized spacial score (nSPS) is 12.0. The summed E-state index contributed by atoms with van der Waals surface area (Å²) in [5, 5.41) is 0. The molecule has 0 unspecified atom stereocenters. The number of nitrogens with one attached hydrogen (secondary N) is 1. The third-order valence-corrected chi connectivity index (χ3v) is 4.19. The molecule has 0 atom stereocenters. The van der Waals surface area contributed by atoms with E-state index in [9.17, 15) is 8.42 Å². The van der Waals surface area contributed by atoms with Gasteiger partial charge in [0.2, 0.25) is 0 Å². The highest BCUT2D eigenvalue weighted by Gasteiger charge is 2.16. The van der Waals surface area contributed by atoms with Crippen LogP contribution in [0, 0.1) is 6.92 Å². The molecule has 0 aliphatic rings. The molecule has 6 nitrogen and oxygen atoms in total. The van der Waals surface area contributed by atoms with Gasteiger partial charge in [0, 0.05) is 32.5 Å². The van der Waals surface area contributed by atoms with Crippen molar-refractivity contribution >= 4 is 10.2 Å². The van der Waals surface area contributed by atoms with Crippen molar-refractivity contribution in [1.29, 1.82) is 0 Å². The Morgan fingerprint density at radius 3 is 2.83 bits per heavy atom. The van der Waals surface area contributed by atoms with Gasteiger partial charge in [0.15, 0.2) is 0 Å².